The Labute approximate surface area is 135 Å². The lowest BCUT2D eigenvalue weighted by Crippen LogP contribution is -2.27. The lowest BCUT2D eigenvalue weighted by molar-refractivity contribution is -0.118. The standard InChI is InChI=1S/C14H19ClN2O4S/c1-2-3-4-5-6-16-22(19,20)13-8-12-11(7-10(13)15)17-14(18)9-21-12/h7-8,16H,2-6,9H2,1H3,(H,17,18). The van der Waals surface area contributed by atoms with Crippen LogP contribution in [0.5, 0.6) is 5.75 Å². The van der Waals surface area contributed by atoms with Gasteiger partial charge in [-0.2, -0.15) is 0 Å². The maximum atomic E-state index is 12.3. The molecule has 0 radical (unpaired) electrons. The number of unbranched alkanes of at least 4 members (excludes halogenated alkanes) is 3. The number of anilines is 1. The average molecular weight is 347 g/mol. The Kier molecular flexibility index (Phi) is 5.66. The van der Waals surface area contributed by atoms with Gasteiger partial charge in [0.05, 0.1) is 10.7 Å². The van der Waals surface area contributed by atoms with Gasteiger partial charge in [-0.15, -0.1) is 0 Å². The molecule has 1 aliphatic rings. The monoisotopic (exact) mass is 346 g/mol. The van der Waals surface area contributed by atoms with Crippen LogP contribution in [0.4, 0.5) is 5.69 Å². The summed E-state index contributed by atoms with van der Waals surface area (Å²) >= 11 is 6.03. The summed E-state index contributed by atoms with van der Waals surface area (Å²) in [6.07, 6.45) is 3.93. The van der Waals surface area contributed by atoms with Crippen LogP contribution in [-0.4, -0.2) is 27.5 Å². The molecular formula is C14H19ClN2O4S. The number of amides is 1. The smallest absolute Gasteiger partial charge is 0.262 e. The molecule has 2 N–H and O–H groups in total. The Bertz CT molecular complexity index is 661. The number of carbonyl (C=O) groups is 1. The van der Waals surface area contributed by atoms with Crippen molar-refractivity contribution in [3.63, 3.8) is 0 Å². The summed E-state index contributed by atoms with van der Waals surface area (Å²) in [6.45, 7) is 2.32. The molecule has 22 heavy (non-hydrogen) atoms. The minimum atomic E-state index is -3.70. The van der Waals surface area contributed by atoms with Crippen molar-refractivity contribution in [3.8, 4) is 5.75 Å². The van der Waals surface area contributed by atoms with Gasteiger partial charge in [-0.1, -0.05) is 37.8 Å². The summed E-state index contributed by atoms with van der Waals surface area (Å²) < 4.78 is 32.4. The maximum Gasteiger partial charge on any atom is 0.262 e. The molecule has 2 rings (SSSR count). The summed E-state index contributed by atoms with van der Waals surface area (Å²) in [6, 6.07) is 2.73. The highest BCUT2D eigenvalue weighted by Crippen LogP contribution is 2.35. The number of rotatable bonds is 7. The van der Waals surface area contributed by atoms with E-state index in [1.165, 1.54) is 12.1 Å². The lowest BCUT2D eigenvalue weighted by Gasteiger charge is -2.19. The molecule has 1 heterocycles. The number of hydrogen-bond acceptors (Lipinski definition) is 4. The number of halogens is 1. The van der Waals surface area contributed by atoms with Crippen molar-refractivity contribution >= 4 is 33.2 Å². The Morgan fingerprint density at radius 3 is 2.82 bits per heavy atom. The number of nitrogens with one attached hydrogen (secondary N) is 2. The van der Waals surface area contributed by atoms with Gasteiger partial charge in [0.1, 0.15) is 10.6 Å². The molecule has 1 aliphatic heterocycles. The number of benzene rings is 1. The van der Waals surface area contributed by atoms with Gasteiger partial charge in [-0.25, -0.2) is 13.1 Å². The summed E-state index contributed by atoms with van der Waals surface area (Å²) in [7, 11) is -3.70. The van der Waals surface area contributed by atoms with Gasteiger partial charge in [0.25, 0.3) is 5.91 Å². The van der Waals surface area contributed by atoms with E-state index in [9.17, 15) is 13.2 Å². The molecule has 0 saturated heterocycles. The van der Waals surface area contributed by atoms with E-state index in [-0.39, 0.29) is 22.4 Å². The first kappa shape index (κ1) is 17.1. The largest absolute Gasteiger partial charge is 0.482 e. The van der Waals surface area contributed by atoms with Gasteiger partial charge in [0.2, 0.25) is 10.0 Å². The van der Waals surface area contributed by atoms with Gasteiger partial charge in [-0.3, -0.25) is 4.79 Å². The predicted octanol–water partition coefficient (Wildman–Crippen LogP) is 2.53. The highest BCUT2D eigenvalue weighted by molar-refractivity contribution is 7.89. The second-order valence-electron chi connectivity index (χ2n) is 5.07. The van der Waals surface area contributed by atoms with Crippen LogP contribution in [0.25, 0.3) is 0 Å². The highest BCUT2D eigenvalue weighted by Gasteiger charge is 2.24. The van der Waals surface area contributed by atoms with Crippen molar-refractivity contribution in [2.24, 2.45) is 0 Å². The van der Waals surface area contributed by atoms with Crippen molar-refractivity contribution in [3.05, 3.63) is 17.2 Å². The molecule has 1 aromatic rings. The van der Waals surface area contributed by atoms with Crippen LogP contribution < -0.4 is 14.8 Å². The summed E-state index contributed by atoms with van der Waals surface area (Å²) in [5.74, 6) is 0.00332. The molecule has 0 aromatic heterocycles. The van der Waals surface area contributed by atoms with Gasteiger partial charge in [0.15, 0.2) is 6.61 Å². The van der Waals surface area contributed by atoms with E-state index in [0.29, 0.717) is 18.0 Å². The number of ether oxygens (including phenoxy) is 1. The van der Waals surface area contributed by atoms with E-state index >= 15 is 0 Å². The van der Waals surface area contributed by atoms with Crippen molar-refractivity contribution < 1.29 is 17.9 Å². The maximum absolute atomic E-state index is 12.3. The average Bonchev–Trinajstić information content (AvgIpc) is 2.46. The molecule has 0 fully saturated rings. The molecule has 1 amide bonds. The SMILES string of the molecule is CCCCCCNS(=O)(=O)c1cc2c(cc1Cl)NC(=O)CO2. The minimum absolute atomic E-state index is 0.0421. The number of hydrogen-bond donors (Lipinski definition) is 2. The molecule has 0 bridgehead atoms. The Balaban J connectivity index is 2.12. The van der Waals surface area contributed by atoms with E-state index in [1.54, 1.807) is 0 Å². The van der Waals surface area contributed by atoms with Crippen LogP contribution in [0, 0.1) is 0 Å². The number of carbonyl (C=O) groups excluding carboxylic acids is 1. The molecule has 122 valence electrons. The van der Waals surface area contributed by atoms with Crippen molar-refractivity contribution in [1.29, 1.82) is 0 Å². The number of sulfonamides is 1. The van der Waals surface area contributed by atoms with E-state index in [4.69, 9.17) is 16.3 Å². The van der Waals surface area contributed by atoms with Crippen molar-refractivity contribution in [2.45, 2.75) is 37.5 Å². The Morgan fingerprint density at radius 2 is 2.09 bits per heavy atom. The fourth-order valence-electron chi connectivity index (χ4n) is 2.12. The molecule has 6 nitrogen and oxygen atoms in total. The van der Waals surface area contributed by atoms with Crippen molar-refractivity contribution in [2.75, 3.05) is 18.5 Å². The van der Waals surface area contributed by atoms with E-state index in [1.807, 2.05) is 0 Å². The lowest BCUT2D eigenvalue weighted by atomic mass is 10.2. The predicted molar refractivity (Wildman–Crippen MR) is 84.9 cm³/mol. The first-order valence-corrected chi connectivity index (χ1v) is 9.06. The molecule has 0 atom stereocenters. The van der Waals surface area contributed by atoms with E-state index in [2.05, 4.69) is 17.0 Å². The zero-order valence-corrected chi connectivity index (χ0v) is 13.9. The summed E-state index contributed by atoms with van der Waals surface area (Å²) in [5, 5.41) is 2.63. The first-order valence-electron chi connectivity index (χ1n) is 7.20. The summed E-state index contributed by atoms with van der Waals surface area (Å²) in [4.78, 5) is 11.2. The van der Waals surface area contributed by atoms with Crippen LogP contribution in [0.15, 0.2) is 17.0 Å². The van der Waals surface area contributed by atoms with Crippen LogP contribution in [-0.2, 0) is 14.8 Å². The van der Waals surface area contributed by atoms with Crippen LogP contribution in [0.1, 0.15) is 32.6 Å². The van der Waals surface area contributed by atoms with Gasteiger partial charge >= 0.3 is 0 Å². The third-order valence-corrected chi connectivity index (χ3v) is 5.20. The fourth-order valence-corrected chi connectivity index (χ4v) is 3.74. The molecule has 0 aliphatic carbocycles. The molecule has 1 aromatic carbocycles. The zero-order valence-electron chi connectivity index (χ0n) is 12.3. The minimum Gasteiger partial charge on any atom is -0.482 e. The van der Waals surface area contributed by atoms with Gasteiger partial charge < -0.3 is 10.1 Å². The van der Waals surface area contributed by atoms with Gasteiger partial charge in [-0.05, 0) is 12.5 Å². The third-order valence-electron chi connectivity index (χ3n) is 3.28. The Morgan fingerprint density at radius 1 is 1.32 bits per heavy atom. The third kappa shape index (κ3) is 4.12. The van der Waals surface area contributed by atoms with Gasteiger partial charge in [0, 0.05) is 12.6 Å². The highest BCUT2D eigenvalue weighted by atomic mass is 35.5. The second-order valence-corrected chi connectivity index (χ2v) is 7.22. The van der Waals surface area contributed by atoms with E-state index in [0.717, 1.165) is 25.7 Å². The second kappa shape index (κ2) is 7.30. The number of fused-ring (bicyclic) bond motifs is 1. The van der Waals surface area contributed by atoms with Crippen LogP contribution >= 0.6 is 11.6 Å². The summed E-state index contributed by atoms with van der Waals surface area (Å²) in [5.41, 5.74) is 0.378. The topological polar surface area (TPSA) is 84.5 Å². The Hall–Kier alpha value is -1.31. The zero-order chi connectivity index (χ0) is 16.2. The fraction of sp³-hybridized carbons (Fsp3) is 0.500. The molecule has 8 heteroatoms. The first-order chi connectivity index (χ1) is 10.4. The van der Waals surface area contributed by atoms with Crippen molar-refractivity contribution in [1.82, 2.24) is 4.72 Å². The quantitative estimate of drug-likeness (QED) is 0.743. The van der Waals surface area contributed by atoms with Crippen LogP contribution in [0.2, 0.25) is 5.02 Å². The van der Waals surface area contributed by atoms with Crippen LogP contribution in [0.3, 0.4) is 0 Å². The molecule has 0 unspecified atom stereocenters. The normalized spacial score (nSPS) is 14.2. The molecule has 0 spiro atoms. The molecular weight excluding hydrogens is 328 g/mol. The molecule has 0 saturated carbocycles. The van der Waals surface area contributed by atoms with E-state index < -0.39 is 10.0 Å².